The van der Waals surface area contributed by atoms with E-state index in [0.717, 1.165) is 19.6 Å². The normalized spacial score (nSPS) is 19.9. The highest BCUT2D eigenvalue weighted by atomic mass is 16.5. The molecule has 1 atom stereocenters. The van der Waals surface area contributed by atoms with Gasteiger partial charge in [0.05, 0.1) is 31.9 Å². The van der Waals surface area contributed by atoms with Crippen LogP contribution in [0.3, 0.4) is 0 Å². The number of hydrogen-bond acceptors (Lipinski definition) is 7. The van der Waals surface area contributed by atoms with Gasteiger partial charge in [-0.15, -0.1) is 0 Å². The molecule has 0 radical (unpaired) electrons. The molecule has 36 heavy (non-hydrogen) atoms. The van der Waals surface area contributed by atoms with E-state index in [1.807, 2.05) is 12.1 Å². The van der Waals surface area contributed by atoms with Crippen molar-refractivity contribution in [3.8, 4) is 11.5 Å². The van der Waals surface area contributed by atoms with Crippen molar-refractivity contribution in [2.24, 2.45) is 0 Å². The number of ketones is 1. The molecule has 0 spiro atoms. The van der Waals surface area contributed by atoms with Crippen LogP contribution >= 0.6 is 0 Å². The number of ether oxygens (including phenoxy) is 3. The van der Waals surface area contributed by atoms with Crippen molar-refractivity contribution in [1.29, 1.82) is 0 Å². The van der Waals surface area contributed by atoms with Gasteiger partial charge in [0.1, 0.15) is 23.9 Å². The quantitative estimate of drug-likeness (QED) is 0.235. The molecular formula is C28H32N2O6. The first-order valence-electron chi connectivity index (χ1n) is 12.1. The third-order valence-corrected chi connectivity index (χ3v) is 6.42. The number of aliphatic hydroxyl groups is 1. The smallest absolute Gasteiger partial charge is 0.295 e. The van der Waals surface area contributed by atoms with Crippen molar-refractivity contribution in [3.63, 3.8) is 0 Å². The zero-order valence-electron chi connectivity index (χ0n) is 20.5. The van der Waals surface area contributed by atoms with Gasteiger partial charge in [-0.05, 0) is 48.4 Å². The number of carbonyl (C=O) groups is 2. The van der Waals surface area contributed by atoms with Crippen LogP contribution in [0.15, 0.2) is 66.8 Å². The Hall–Kier alpha value is -3.62. The summed E-state index contributed by atoms with van der Waals surface area (Å²) < 4.78 is 16.3. The highest BCUT2D eigenvalue weighted by molar-refractivity contribution is 6.46. The van der Waals surface area contributed by atoms with Crippen molar-refractivity contribution in [1.82, 2.24) is 9.80 Å². The van der Waals surface area contributed by atoms with Gasteiger partial charge in [0, 0.05) is 31.7 Å². The third kappa shape index (κ3) is 5.61. The maximum atomic E-state index is 13.3. The lowest BCUT2D eigenvalue weighted by molar-refractivity contribution is -0.140. The molecule has 0 aromatic heterocycles. The van der Waals surface area contributed by atoms with Crippen LogP contribution in [-0.4, -0.2) is 79.7 Å². The number of Topliss-reactive ketones (excluding diaryl/α,β-unsaturated/α-hetero) is 1. The lowest BCUT2D eigenvalue weighted by Crippen LogP contribution is -2.38. The van der Waals surface area contributed by atoms with E-state index >= 15 is 0 Å². The number of methoxy groups -OCH3 is 1. The van der Waals surface area contributed by atoms with Crippen molar-refractivity contribution >= 4 is 17.4 Å². The number of morpholine rings is 1. The molecule has 2 saturated heterocycles. The largest absolute Gasteiger partial charge is 0.507 e. The molecule has 8 heteroatoms. The fourth-order valence-electron chi connectivity index (χ4n) is 4.58. The Morgan fingerprint density at radius 1 is 1.11 bits per heavy atom. The molecular weight excluding hydrogens is 460 g/mol. The molecule has 0 unspecified atom stereocenters. The van der Waals surface area contributed by atoms with Gasteiger partial charge in [0.25, 0.3) is 11.7 Å². The Bertz CT molecular complexity index is 1120. The summed E-state index contributed by atoms with van der Waals surface area (Å²) in [7, 11) is 1.55. The van der Waals surface area contributed by atoms with Crippen LogP contribution in [0.25, 0.3) is 5.76 Å². The highest BCUT2D eigenvalue weighted by Crippen LogP contribution is 2.40. The minimum absolute atomic E-state index is 0.0670. The zero-order valence-corrected chi connectivity index (χ0v) is 20.5. The van der Waals surface area contributed by atoms with Gasteiger partial charge in [-0.3, -0.25) is 14.5 Å². The predicted molar refractivity (Wildman–Crippen MR) is 136 cm³/mol. The van der Waals surface area contributed by atoms with Crippen LogP contribution in [0, 0.1) is 0 Å². The lowest BCUT2D eigenvalue weighted by atomic mass is 9.95. The van der Waals surface area contributed by atoms with E-state index in [-0.39, 0.29) is 11.3 Å². The molecule has 8 nitrogen and oxygen atoms in total. The number of likely N-dealkylation sites (tertiary alicyclic amines) is 1. The van der Waals surface area contributed by atoms with Crippen LogP contribution in [0.1, 0.15) is 23.6 Å². The molecule has 2 aliphatic heterocycles. The van der Waals surface area contributed by atoms with E-state index in [1.165, 1.54) is 0 Å². The minimum atomic E-state index is -0.732. The summed E-state index contributed by atoms with van der Waals surface area (Å²) in [6, 6.07) is 13.3. The SMILES string of the molecule is C=CCOc1cccc([C@H]2C(=C(O)c3ccc(OC)cc3)C(=O)C(=O)N2CCCN2CCOCC2)c1. The van der Waals surface area contributed by atoms with E-state index in [0.29, 0.717) is 55.4 Å². The van der Waals surface area contributed by atoms with E-state index < -0.39 is 17.7 Å². The molecule has 190 valence electrons. The minimum Gasteiger partial charge on any atom is -0.507 e. The second-order valence-electron chi connectivity index (χ2n) is 8.70. The lowest BCUT2D eigenvalue weighted by Gasteiger charge is -2.29. The van der Waals surface area contributed by atoms with E-state index in [2.05, 4.69) is 11.5 Å². The Balaban J connectivity index is 1.68. The van der Waals surface area contributed by atoms with Gasteiger partial charge in [-0.25, -0.2) is 0 Å². The molecule has 2 fully saturated rings. The van der Waals surface area contributed by atoms with Gasteiger partial charge in [0.15, 0.2) is 0 Å². The molecule has 2 aliphatic rings. The monoisotopic (exact) mass is 492 g/mol. The first-order valence-corrected chi connectivity index (χ1v) is 12.1. The maximum absolute atomic E-state index is 13.3. The van der Waals surface area contributed by atoms with Crippen molar-refractivity contribution in [2.75, 3.05) is 53.1 Å². The predicted octanol–water partition coefficient (Wildman–Crippen LogP) is 3.40. The summed E-state index contributed by atoms with van der Waals surface area (Å²) in [5, 5.41) is 11.2. The molecule has 2 aromatic carbocycles. The van der Waals surface area contributed by atoms with Crippen LogP contribution < -0.4 is 9.47 Å². The van der Waals surface area contributed by atoms with E-state index in [1.54, 1.807) is 54.5 Å². The Kier molecular flexibility index (Phi) is 8.40. The Labute approximate surface area is 211 Å². The van der Waals surface area contributed by atoms with Gasteiger partial charge in [0.2, 0.25) is 0 Å². The molecule has 0 saturated carbocycles. The van der Waals surface area contributed by atoms with Gasteiger partial charge in [-0.1, -0.05) is 24.8 Å². The Morgan fingerprint density at radius 3 is 2.56 bits per heavy atom. The molecule has 4 rings (SSSR count). The summed E-state index contributed by atoms with van der Waals surface area (Å²) in [4.78, 5) is 30.3. The fraction of sp³-hybridized carbons (Fsp3) is 0.357. The standard InChI is InChI=1S/C28H32N2O6/c1-3-16-36-23-7-4-6-21(19-23)25-24(26(31)20-8-10-22(34-2)11-9-20)27(32)28(33)30(25)13-5-12-29-14-17-35-18-15-29/h3-4,6-11,19,25,31H,1,5,12-18H2,2H3/t25-/m0/s1. The second kappa shape index (κ2) is 11.9. The number of nitrogens with zero attached hydrogens (tertiary/aromatic N) is 2. The van der Waals surface area contributed by atoms with Gasteiger partial charge >= 0.3 is 0 Å². The van der Waals surface area contributed by atoms with Crippen molar-refractivity contribution < 1.29 is 28.9 Å². The molecule has 2 heterocycles. The fourth-order valence-corrected chi connectivity index (χ4v) is 4.58. The van der Waals surface area contributed by atoms with E-state index in [9.17, 15) is 14.7 Å². The second-order valence-corrected chi connectivity index (χ2v) is 8.70. The average Bonchev–Trinajstić information content (AvgIpc) is 3.17. The third-order valence-electron chi connectivity index (χ3n) is 6.42. The topological polar surface area (TPSA) is 88.5 Å². The van der Waals surface area contributed by atoms with Gasteiger partial charge < -0.3 is 24.2 Å². The van der Waals surface area contributed by atoms with Crippen LogP contribution in [0.5, 0.6) is 11.5 Å². The van der Waals surface area contributed by atoms with Crippen molar-refractivity contribution in [3.05, 3.63) is 77.9 Å². The molecule has 0 bridgehead atoms. The summed E-state index contributed by atoms with van der Waals surface area (Å²) in [6.07, 6.45) is 2.34. The maximum Gasteiger partial charge on any atom is 0.295 e. The number of carbonyl (C=O) groups excluding carboxylic acids is 2. The zero-order chi connectivity index (χ0) is 25.5. The van der Waals surface area contributed by atoms with Crippen LogP contribution in [-0.2, 0) is 14.3 Å². The van der Waals surface area contributed by atoms with Gasteiger partial charge in [-0.2, -0.15) is 0 Å². The van der Waals surface area contributed by atoms with Crippen molar-refractivity contribution in [2.45, 2.75) is 12.5 Å². The number of aliphatic hydroxyl groups excluding tert-OH is 1. The summed E-state index contributed by atoms with van der Waals surface area (Å²) in [6.45, 7) is 8.27. The average molecular weight is 493 g/mol. The molecule has 2 aromatic rings. The number of rotatable bonds is 10. The number of amides is 1. The molecule has 0 aliphatic carbocycles. The van der Waals surface area contributed by atoms with Crippen LogP contribution in [0.2, 0.25) is 0 Å². The van der Waals surface area contributed by atoms with Crippen LogP contribution in [0.4, 0.5) is 0 Å². The first-order chi connectivity index (χ1) is 17.5. The first kappa shape index (κ1) is 25.5. The Morgan fingerprint density at radius 2 is 1.86 bits per heavy atom. The number of benzene rings is 2. The summed E-state index contributed by atoms with van der Waals surface area (Å²) >= 11 is 0. The highest BCUT2D eigenvalue weighted by Gasteiger charge is 2.46. The molecule has 1 N–H and O–H groups in total. The summed E-state index contributed by atoms with van der Waals surface area (Å²) in [5.74, 6) is -0.310. The molecule has 1 amide bonds. The number of hydrogen-bond donors (Lipinski definition) is 1. The van der Waals surface area contributed by atoms with E-state index in [4.69, 9.17) is 14.2 Å². The summed E-state index contributed by atoms with van der Waals surface area (Å²) in [5.41, 5.74) is 1.20.